The summed E-state index contributed by atoms with van der Waals surface area (Å²) in [5.41, 5.74) is -0.511. The van der Waals surface area contributed by atoms with Gasteiger partial charge in [0, 0.05) is 26.2 Å². The summed E-state index contributed by atoms with van der Waals surface area (Å²) in [5, 5.41) is 9.10. The molecule has 0 unspecified atom stereocenters. The van der Waals surface area contributed by atoms with Gasteiger partial charge >= 0.3 is 0 Å². The lowest BCUT2D eigenvalue weighted by Gasteiger charge is -2.32. The second-order valence-corrected chi connectivity index (χ2v) is 4.20. The summed E-state index contributed by atoms with van der Waals surface area (Å²) in [6.07, 6.45) is 0. The number of aromatic amines is 1. The molecule has 1 aromatic rings. The molecule has 2 N–H and O–H groups in total. The first kappa shape index (κ1) is 11.2. The van der Waals surface area contributed by atoms with Gasteiger partial charge in [0.25, 0.3) is 5.56 Å². The van der Waals surface area contributed by atoms with Crippen molar-refractivity contribution in [2.45, 2.75) is 0 Å². The molecule has 0 amide bonds. The Morgan fingerprint density at radius 2 is 2.00 bits per heavy atom. The average Bonchev–Trinajstić information content (AvgIpc) is 2.26. The van der Waals surface area contributed by atoms with Gasteiger partial charge < -0.3 is 14.9 Å². The summed E-state index contributed by atoms with van der Waals surface area (Å²) in [6, 6.07) is 0. The number of nitrogens with one attached hydrogen (secondary N) is 1. The Morgan fingerprint density at radius 3 is 2.56 bits per heavy atom. The van der Waals surface area contributed by atoms with Gasteiger partial charge in [-0.3, -0.25) is 9.78 Å². The number of H-pyrrole nitrogens is 1. The average molecular weight is 245 g/mol. The zero-order chi connectivity index (χ0) is 11.7. The van der Waals surface area contributed by atoms with E-state index in [4.69, 9.17) is 11.6 Å². The number of piperazine rings is 1. The number of hydrogen-bond acceptors (Lipinski definition) is 5. The SMILES string of the molecule is CN1CCN(c2nc(O)c(Cl)c(=O)[nH]2)CC1. The predicted octanol–water partition coefficient (Wildman–Crippen LogP) is -0.119. The molecule has 0 aliphatic carbocycles. The number of hydrogen-bond donors (Lipinski definition) is 2. The van der Waals surface area contributed by atoms with Gasteiger partial charge in [0.05, 0.1) is 0 Å². The van der Waals surface area contributed by atoms with Crippen LogP contribution in [0.1, 0.15) is 0 Å². The molecule has 2 heterocycles. The van der Waals surface area contributed by atoms with Crippen molar-refractivity contribution >= 4 is 17.5 Å². The predicted molar refractivity (Wildman–Crippen MR) is 61.2 cm³/mol. The summed E-state index contributed by atoms with van der Waals surface area (Å²) in [7, 11) is 2.03. The van der Waals surface area contributed by atoms with Crippen LogP contribution < -0.4 is 10.5 Å². The number of anilines is 1. The lowest BCUT2D eigenvalue weighted by molar-refractivity contribution is 0.310. The molecule has 0 bridgehead atoms. The minimum atomic E-state index is -0.511. The van der Waals surface area contributed by atoms with Crippen LogP contribution >= 0.6 is 11.6 Å². The zero-order valence-electron chi connectivity index (χ0n) is 8.90. The van der Waals surface area contributed by atoms with Gasteiger partial charge in [-0.2, -0.15) is 4.98 Å². The molecule has 1 aromatic heterocycles. The smallest absolute Gasteiger partial charge is 0.275 e. The van der Waals surface area contributed by atoms with E-state index in [1.165, 1.54) is 0 Å². The van der Waals surface area contributed by atoms with Crippen molar-refractivity contribution in [2.24, 2.45) is 0 Å². The van der Waals surface area contributed by atoms with E-state index in [0.717, 1.165) is 26.2 Å². The minimum Gasteiger partial charge on any atom is -0.492 e. The molecular weight excluding hydrogens is 232 g/mol. The van der Waals surface area contributed by atoms with Gasteiger partial charge in [0.1, 0.15) is 0 Å². The molecule has 7 heteroatoms. The lowest BCUT2D eigenvalue weighted by atomic mass is 10.3. The molecule has 1 aliphatic heterocycles. The van der Waals surface area contributed by atoms with Crippen molar-refractivity contribution in [3.8, 4) is 5.88 Å². The highest BCUT2D eigenvalue weighted by molar-refractivity contribution is 6.31. The van der Waals surface area contributed by atoms with Crippen molar-refractivity contribution in [3.63, 3.8) is 0 Å². The second kappa shape index (κ2) is 4.31. The summed E-state index contributed by atoms with van der Waals surface area (Å²) < 4.78 is 0. The van der Waals surface area contributed by atoms with Gasteiger partial charge in [-0.15, -0.1) is 0 Å². The standard InChI is InChI=1S/C9H13ClN4O2/c1-13-2-4-14(5-3-13)9-11-7(15)6(10)8(16)12-9/h2-5H2,1H3,(H2,11,12,15,16). The molecule has 1 saturated heterocycles. The summed E-state index contributed by atoms with van der Waals surface area (Å²) in [6.45, 7) is 3.32. The molecule has 2 rings (SSSR count). The Morgan fingerprint density at radius 1 is 1.38 bits per heavy atom. The normalized spacial score (nSPS) is 17.8. The Kier molecular flexibility index (Phi) is 3.02. The van der Waals surface area contributed by atoms with Crippen molar-refractivity contribution in [3.05, 3.63) is 15.4 Å². The molecule has 0 spiro atoms. The van der Waals surface area contributed by atoms with Crippen LogP contribution in [-0.2, 0) is 0 Å². The minimum absolute atomic E-state index is 0.266. The molecule has 0 radical (unpaired) electrons. The highest BCUT2D eigenvalue weighted by Gasteiger charge is 2.18. The van der Waals surface area contributed by atoms with Crippen LogP contribution in [0.25, 0.3) is 0 Å². The van der Waals surface area contributed by atoms with Crippen molar-refractivity contribution in [1.82, 2.24) is 14.9 Å². The van der Waals surface area contributed by atoms with E-state index in [1.54, 1.807) is 0 Å². The maximum Gasteiger partial charge on any atom is 0.275 e. The first-order valence-electron chi connectivity index (χ1n) is 5.00. The highest BCUT2D eigenvalue weighted by atomic mass is 35.5. The van der Waals surface area contributed by atoms with Gasteiger partial charge in [-0.1, -0.05) is 11.6 Å². The van der Waals surface area contributed by atoms with Crippen LogP contribution in [0.3, 0.4) is 0 Å². The third kappa shape index (κ3) is 2.12. The fourth-order valence-corrected chi connectivity index (χ4v) is 1.69. The van der Waals surface area contributed by atoms with E-state index in [2.05, 4.69) is 14.9 Å². The monoisotopic (exact) mass is 244 g/mol. The fourth-order valence-electron chi connectivity index (χ4n) is 1.60. The maximum atomic E-state index is 11.3. The summed E-state index contributed by atoms with van der Waals surface area (Å²) in [5.74, 6) is -0.0423. The van der Waals surface area contributed by atoms with Crippen LogP contribution in [0.4, 0.5) is 5.95 Å². The van der Waals surface area contributed by atoms with Gasteiger partial charge in [0.15, 0.2) is 5.02 Å². The van der Waals surface area contributed by atoms with Crippen molar-refractivity contribution in [1.29, 1.82) is 0 Å². The first-order chi connectivity index (χ1) is 7.58. The quantitative estimate of drug-likeness (QED) is 0.721. The number of nitrogens with zero attached hydrogens (tertiary/aromatic N) is 3. The number of likely N-dealkylation sites (N-methyl/N-ethyl adjacent to an activating group) is 1. The molecule has 16 heavy (non-hydrogen) atoms. The zero-order valence-corrected chi connectivity index (χ0v) is 9.66. The van der Waals surface area contributed by atoms with Crippen LogP contribution in [0.15, 0.2) is 4.79 Å². The molecule has 0 saturated carbocycles. The summed E-state index contributed by atoms with van der Waals surface area (Å²) >= 11 is 5.53. The lowest BCUT2D eigenvalue weighted by Crippen LogP contribution is -2.45. The number of rotatable bonds is 1. The van der Waals surface area contributed by atoms with E-state index >= 15 is 0 Å². The molecule has 1 aliphatic rings. The van der Waals surface area contributed by atoms with E-state index in [9.17, 15) is 9.90 Å². The molecule has 1 fully saturated rings. The number of aromatic hydroxyl groups is 1. The largest absolute Gasteiger partial charge is 0.492 e. The molecule has 88 valence electrons. The third-order valence-corrected chi connectivity index (χ3v) is 2.98. The molecular formula is C9H13ClN4O2. The first-order valence-corrected chi connectivity index (χ1v) is 5.38. The van der Waals surface area contributed by atoms with Crippen LogP contribution in [0.2, 0.25) is 5.02 Å². The van der Waals surface area contributed by atoms with Gasteiger partial charge in [-0.25, -0.2) is 0 Å². The van der Waals surface area contributed by atoms with Gasteiger partial charge in [-0.05, 0) is 7.05 Å². The van der Waals surface area contributed by atoms with E-state index in [1.807, 2.05) is 11.9 Å². The van der Waals surface area contributed by atoms with Crippen LogP contribution in [0, 0.1) is 0 Å². The number of aromatic nitrogens is 2. The highest BCUT2D eigenvalue weighted by Crippen LogP contribution is 2.18. The van der Waals surface area contributed by atoms with Gasteiger partial charge in [0.2, 0.25) is 11.8 Å². The molecule has 0 atom stereocenters. The molecule has 6 nitrogen and oxygen atoms in total. The Balaban J connectivity index is 2.24. The Hall–Kier alpha value is -1.27. The summed E-state index contributed by atoms with van der Waals surface area (Å²) in [4.78, 5) is 21.8. The Labute approximate surface area is 97.5 Å². The third-order valence-electron chi connectivity index (χ3n) is 2.64. The maximum absolute atomic E-state index is 11.3. The van der Waals surface area contributed by atoms with Crippen molar-refractivity contribution < 1.29 is 5.11 Å². The fraction of sp³-hybridized carbons (Fsp3) is 0.556. The Bertz CT molecular complexity index is 440. The second-order valence-electron chi connectivity index (χ2n) is 3.82. The van der Waals surface area contributed by atoms with Crippen LogP contribution in [-0.4, -0.2) is 53.2 Å². The van der Waals surface area contributed by atoms with Crippen LogP contribution in [0.5, 0.6) is 5.88 Å². The van der Waals surface area contributed by atoms with Crippen molar-refractivity contribution in [2.75, 3.05) is 38.1 Å². The van der Waals surface area contributed by atoms with E-state index in [-0.39, 0.29) is 5.02 Å². The van der Waals surface area contributed by atoms with E-state index in [0.29, 0.717) is 5.95 Å². The topological polar surface area (TPSA) is 72.5 Å². The van der Waals surface area contributed by atoms with E-state index < -0.39 is 11.4 Å². The molecule has 0 aromatic carbocycles. The number of halogens is 1.